The van der Waals surface area contributed by atoms with Crippen molar-refractivity contribution in [2.45, 2.75) is 25.9 Å². The monoisotopic (exact) mass is 264 g/mol. The zero-order valence-electron chi connectivity index (χ0n) is 11.1. The first-order chi connectivity index (χ1) is 9.11. The van der Waals surface area contributed by atoms with Crippen molar-refractivity contribution in [2.75, 3.05) is 24.2 Å². The third-order valence-corrected chi connectivity index (χ3v) is 3.58. The van der Waals surface area contributed by atoms with Gasteiger partial charge in [0, 0.05) is 30.4 Å². The summed E-state index contributed by atoms with van der Waals surface area (Å²) in [4.78, 5) is 11.2. The molecule has 1 saturated heterocycles. The molecule has 2 unspecified atom stereocenters. The molecule has 1 aromatic carbocycles. The number of benzene rings is 1. The molecule has 0 spiro atoms. The van der Waals surface area contributed by atoms with Gasteiger partial charge in [-0.15, -0.1) is 0 Å². The molecule has 5 nitrogen and oxygen atoms in total. The van der Waals surface area contributed by atoms with Gasteiger partial charge in [-0.25, -0.2) is 4.79 Å². The van der Waals surface area contributed by atoms with Crippen LogP contribution in [0.1, 0.15) is 30.1 Å². The smallest absolute Gasteiger partial charge is 0.337 e. The number of nitrogen functional groups attached to an aromatic ring is 1. The van der Waals surface area contributed by atoms with E-state index in [0.717, 1.165) is 26.0 Å². The van der Waals surface area contributed by atoms with E-state index < -0.39 is 5.97 Å². The molecular formula is C14H20N2O3. The molecule has 104 valence electrons. The lowest BCUT2D eigenvalue weighted by atomic mass is 9.99. The van der Waals surface area contributed by atoms with Crippen LogP contribution < -0.4 is 11.1 Å². The minimum atomic E-state index is -0.968. The maximum Gasteiger partial charge on any atom is 0.337 e. The van der Waals surface area contributed by atoms with Gasteiger partial charge in [0.15, 0.2) is 0 Å². The molecule has 1 aliphatic heterocycles. The molecule has 0 aromatic heterocycles. The summed E-state index contributed by atoms with van der Waals surface area (Å²) in [7, 11) is 0. The molecule has 0 amide bonds. The Balaban J connectivity index is 2.05. The summed E-state index contributed by atoms with van der Waals surface area (Å²) in [6, 6.07) is 4.90. The fourth-order valence-corrected chi connectivity index (χ4v) is 2.51. The largest absolute Gasteiger partial charge is 0.478 e. The zero-order valence-corrected chi connectivity index (χ0v) is 11.1. The average Bonchev–Trinajstić information content (AvgIpc) is 2.84. The number of anilines is 2. The molecule has 2 atom stereocenters. The van der Waals surface area contributed by atoms with Gasteiger partial charge in [-0.2, -0.15) is 0 Å². The summed E-state index contributed by atoms with van der Waals surface area (Å²) in [6.07, 6.45) is 2.28. The minimum Gasteiger partial charge on any atom is -0.478 e. The Labute approximate surface area is 112 Å². The zero-order chi connectivity index (χ0) is 13.8. The van der Waals surface area contributed by atoms with Crippen LogP contribution >= 0.6 is 0 Å². The highest BCUT2D eigenvalue weighted by molar-refractivity contribution is 5.95. The van der Waals surface area contributed by atoms with Crippen LogP contribution in [0.4, 0.5) is 11.4 Å². The van der Waals surface area contributed by atoms with Gasteiger partial charge in [0.2, 0.25) is 0 Å². The summed E-state index contributed by atoms with van der Waals surface area (Å²) in [5.41, 5.74) is 6.90. The molecule has 0 aliphatic carbocycles. The van der Waals surface area contributed by atoms with E-state index in [1.165, 1.54) is 6.07 Å². The minimum absolute atomic E-state index is 0.215. The molecule has 0 bridgehead atoms. The highest BCUT2D eigenvalue weighted by atomic mass is 16.5. The Morgan fingerprint density at radius 3 is 3.05 bits per heavy atom. The number of carboxylic acid groups (broad SMARTS) is 1. The Hall–Kier alpha value is -1.75. The van der Waals surface area contributed by atoms with E-state index in [1.54, 1.807) is 12.1 Å². The first kappa shape index (κ1) is 13.7. The maximum atomic E-state index is 11.2. The third kappa shape index (κ3) is 3.17. The first-order valence-corrected chi connectivity index (χ1v) is 6.60. The fourth-order valence-electron chi connectivity index (χ4n) is 2.51. The first-order valence-electron chi connectivity index (χ1n) is 6.60. The molecule has 0 radical (unpaired) electrons. The Morgan fingerprint density at radius 2 is 2.37 bits per heavy atom. The highest BCUT2D eigenvalue weighted by Crippen LogP contribution is 2.25. The van der Waals surface area contributed by atoms with E-state index in [9.17, 15) is 4.79 Å². The van der Waals surface area contributed by atoms with E-state index in [1.807, 2.05) is 0 Å². The van der Waals surface area contributed by atoms with Crippen LogP contribution in [0.3, 0.4) is 0 Å². The van der Waals surface area contributed by atoms with E-state index in [4.69, 9.17) is 15.6 Å². The van der Waals surface area contributed by atoms with Crippen LogP contribution in [0.2, 0.25) is 0 Å². The molecule has 19 heavy (non-hydrogen) atoms. The van der Waals surface area contributed by atoms with Gasteiger partial charge >= 0.3 is 5.97 Å². The molecule has 0 saturated carbocycles. The van der Waals surface area contributed by atoms with Crippen LogP contribution in [0, 0.1) is 5.92 Å². The number of rotatable bonds is 5. The normalized spacial score (nSPS) is 22.4. The lowest BCUT2D eigenvalue weighted by Gasteiger charge is -2.18. The SMILES string of the molecule is CCC1OCCC1CNc1ccc(N)cc1C(=O)O. The van der Waals surface area contributed by atoms with Crippen LogP contribution in [-0.4, -0.2) is 30.3 Å². The summed E-state index contributed by atoms with van der Waals surface area (Å²) in [5, 5.41) is 12.4. The standard InChI is InChI=1S/C14H20N2O3/c1-2-13-9(5-6-19-13)8-16-12-4-3-10(15)7-11(12)14(17)18/h3-4,7,9,13,16H,2,5-6,8,15H2,1H3,(H,17,18). The number of nitrogens with two attached hydrogens (primary N) is 1. The number of hydrogen-bond acceptors (Lipinski definition) is 4. The van der Waals surface area contributed by atoms with E-state index >= 15 is 0 Å². The number of hydrogen-bond donors (Lipinski definition) is 3. The summed E-state index contributed by atoms with van der Waals surface area (Å²) in [5.74, 6) is -0.534. The number of nitrogens with one attached hydrogen (secondary N) is 1. The molecular weight excluding hydrogens is 244 g/mol. The van der Waals surface area contributed by atoms with Gasteiger partial charge in [-0.3, -0.25) is 0 Å². The van der Waals surface area contributed by atoms with E-state index in [2.05, 4.69) is 12.2 Å². The fraction of sp³-hybridized carbons (Fsp3) is 0.500. The Bertz CT molecular complexity index is 462. The summed E-state index contributed by atoms with van der Waals surface area (Å²) >= 11 is 0. The molecule has 1 heterocycles. The number of carbonyl (C=O) groups is 1. The van der Waals surface area contributed by atoms with Crippen LogP contribution in [0.15, 0.2) is 18.2 Å². The van der Waals surface area contributed by atoms with Crippen LogP contribution in [0.25, 0.3) is 0 Å². The molecule has 1 aromatic rings. The summed E-state index contributed by atoms with van der Waals surface area (Å²) in [6.45, 7) is 3.62. The van der Waals surface area contributed by atoms with Crippen molar-refractivity contribution in [1.82, 2.24) is 0 Å². The topological polar surface area (TPSA) is 84.6 Å². The lowest BCUT2D eigenvalue weighted by molar-refractivity contribution is 0.0698. The molecule has 5 heteroatoms. The van der Waals surface area contributed by atoms with E-state index in [-0.39, 0.29) is 11.7 Å². The van der Waals surface area contributed by atoms with Gasteiger partial charge in [0.1, 0.15) is 0 Å². The van der Waals surface area contributed by atoms with Gasteiger partial charge in [-0.05, 0) is 31.0 Å². The highest BCUT2D eigenvalue weighted by Gasteiger charge is 2.26. The second-order valence-electron chi connectivity index (χ2n) is 4.86. The second-order valence-corrected chi connectivity index (χ2v) is 4.86. The quantitative estimate of drug-likeness (QED) is 0.710. The number of carboxylic acids is 1. The third-order valence-electron chi connectivity index (χ3n) is 3.58. The lowest BCUT2D eigenvalue weighted by Crippen LogP contribution is -2.23. The second kappa shape index (κ2) is 5.93. The van der Waals surface area contributed by atoms with Crippen molar-refractivity contribution in [3.05, 3.63) is 23.8 Å². The van der Waals surface area contributed by atoms with Gasteiger partial charge in [0.05, 0.1) is 11.7 Å². The van der Waals surface area contributed by atoms with Crippen molar-refractivity contribution in [1.29, 1.82) is 0 Å². The maximum absolute atomic E-state index is 11.2. The summed E-state index contributed by atoms with van der Waals surface area (Å²) < 4.78 is 5.62. The molecule has 4 N–H and O–H groups in total. The number of aromatic carboxylic acids is 1. The van der Waals surface area contributed by atoms with Crippen molar-refractivity contribution >= 4 is 17.3 Å². The van der Waals surface area contributed by atoms with Crippen molar-refractivity contribution < 1.29 is 14.6 Å². The van der Waals surface area contributed by atoms with Crippen LogP contribution in [-0.2, 0) is 4.74 Å². The Kier molecular flexibility index (Phi) is 4.27. The van der Waals surface area contributed by atoms with Gasteiger partial charge in [0.25, 0.3) is 0 Å². The van der Waals surface area contributed by atoms with Gasteiger partial charge < -0.3 is 20.9 Å². The average molecular weight is 264 g/mol. The predicted octanol–water partition coefficient (Wildman–Crippen LogP) is 2.19. The Morgan fingerprint density at radius 1 is 1.58 bits per heavy atom. The van der Waals surface area contributed by atoms with E-state index in [0.29, 0.717) is 17.3 Å². The van der Waals surface area contributed by atoms with Crippen molar-refractivity contribution in [3.63, 3.8) is 0 Å². The van der Waals surface area contributed by atoms with Crippen LogP contribution in [0.5, 0.6) is 0 Å². The van der Waals surface area contributed by atoms with Crippen molar-refractivity contribution in [2.24, 2.45) is 5.92 Å². The predicted molar refractivity (Wildman–Crippen MR) is 74.4 cm³/mol. The van der Waals surface area contributed by atoms with Crippen molar-refractivity contribution in [3.8, 4) is 0 Å². The molecule has 2 rings (SSSR count). The number of ether oxygens (including phenoxy) is 1. The van der Waals surface area contributed by atoms with Gasteiger partial charge in [-0.1, -0.05) is 6.92 Å². The molecule has 1 fully saturated rings. The molecule has 1 aliphatic rings.